The Kier molecular flexibility index (Phi) is 5.22. The highest BCUT2D eigenvalue weighted by atomic mass is 35.5. The molecule has 1 aliphatic heterocycles. The van der Waals surface area contributed by atoms with Gasteiger partial charge in [0.15, 0.2) is 11.5 Å². The first-order valence-corrected chi connectivity index (χ1v) is 8.65. The molecule has 8 heteroatoms. The van der Waals surface area contributed by atoms with Crippen molar-refractivity contribution in [3.8, 4) is 11.5 Å². The normalized spacial score (nSPS) is 12.5. The third-order valence-electron chi connectivity index (χ3n) is 3.33. The fraction of sp³-hybridized carbons (Fsp3) is 0.250. The molecule has 0 atom stereocenters. The van der Waals surface area contributed by atoms with Crippen molar-refractivity contribution < 1.29 is 19.1 Å². The predicted octanol–water partition coefficient (Wildman–Crippen LogP) is 2.93. The minimum absolute atomic E-state index is 0.140. The third-order valence-corrected chi connectivity index (χ3v) is 4.32. The van der Waals surface area contributed by atoms with Gasteiger partial charge in [0, 0.05) is 36.0 Å². The summed E-state index contributed by atoms with van der Waals surface area (Å²) in [5.74, 6) is 0.666. The Balaban J connectivity index is 1.52. The number of fused-ring (bicyclic) bond motifs is 1. The van der Waals surface area contributed by atoms with Crippen LogP contribution in [0, 0.1) is 0 Å². The summed E-state index contributed by atoms with van der Waals surface area (Å²) in [6.07, 6.45) is 0.140. The fourth-order valence-corrected chi connectivity index (χ4v) is 2.99. The monoisotopic (exact) mass is 366 g/mol. The van der Waals surface area contributed by atoms with E-state index in [-0.39, 0.29) is 24.8 Å². The fourth-order valence-electron chi connectivity index (χ4n) is 2.16. The van der Waals surface area contributed by atoms with E-state index >= 15 is 0 Å². The van der Waals surface area contributed by atoms with Crippen molar-refractivity contribution >= 4 is 40.4 Å². The molecule has 1 aromatic heterocycles. The second kappa shape index (κ2) is 7.55. The van der Waals surface area contributed by atoms with Crippen molar-refractivity contribution in [1.29, 1.82) is 0 Å². The van der Waals surface area contributed by atoms with Crippen LogP contribution in [-0.4, -0.2) is 31.6 Å². The lowest BCUT2D eigenvalue weighted by Gasteiger charge is -2.20. The van der Waals surface area contributed by atoms with Crippen LogP contribution in [0.3, 0.4) is 0 Å². The summed E-state index contributed by atoms with van der Waals surface area (Å²) in [7, 11) is 0. The Morgan fingerprint density at radius 3 is 2.67 bits per heavy atom. The molecule has 2 aromatic rings. The van der Waals surface area contributed by atoms with Crippen molar-refractivity contribution in [3.63, 3.8) is 0 Å². The number of carbonyl (C=O) groups is 2. The van der Waals surface area contributed by atoms with Crippen LogP contribution >= 0.6 is 22.9 Å². The van der Waals surface area contributed by atoms with E-state index < -0.39 is 0 Å². The molecule has 24 heavy (non-hydrogen) atoms. The molecule has 0 unspecified atom stereocenters. The van der Waals surface area contributed by atoms with E-state index in [4.69, 9.17) is 21.1 Å². The van der Waals surface area contributed by atoms with Crippen LogP contribution in [0.4, 0.5) is 5.69 Å². The van der Waals surface area contributed by atoms with Gasteiger partial charge in [0.05, 0.1) is 10.7 Å². The molecule has 1 aliphatic rings. The molecule has 0 saturated carbocycles. The Labute approximate surface area is 147 Å². The van der Waals surface area contributed by atoms with Crippen molar-refractivity contribution in [2.45, 2.75) is 6.42 Å². The molecule has 0 saturated heterocycles. The van der Waals surface area contributed by atoms with Crippen molar-refractivity contribution in [2.75, 3.05) is 25.1 Å². The highest BCUT2D eigenvalue weighted by molar-refractivity contribution is 7.08. The zero-order valence-corrected chi connectivity index (χ0v) is 14.2. The second-order valence-corrected chi connectivity index (χ2v) is 6.23. The topological polar surface area (TPSA) is 76.7 Å². The summed E-state index contributed by atoms with van der Waals surface area (Å²) < 4.78 is 10.9. The van der Waals surface area contributed by atoms with E-state index in [1.165, 1.54) is 11.3 Å². The summed E-state index contributed by atoms with van der Waals surface area (Å²) in [4.78, 5) is 23.8. The van der Waals surface area contributed by atoms with E-state index in [0.29, 0.717) is 41.0 Å². The maximum Gasteiger partial charge on any atom is 0.252 e. The van der Waals surface area contributed by atoms with E-state index in [0.717, 1.165) is 0 Å². The largest absolute Gasteiger partial charge is 0.486 e. The highest BCUT2D eigenvalue weighted by Gasteiger charge is 2.16. The van der Waals surface area contributed by atoms with E-state index in [9.17, 15) is 9.59 Å². The van der Waals surface area contributed by atoms with Gasteiger partial charge in [-0.05, 0) is 11.4 Å². The number of thiophene rings is 1. The Hall–Kier alpha value is -2.25. The number of nitrogens with one attached hydrogen (secondary N) is 2. The molecular weight excluding hydrogens is 352 g/mol. The number of benzene rings is 1. The number of hydrogen-bond acceptors (Lipinski definition) is 5. The summed E-state index contributed by atoms with van der Waals surface area (Å²) in [6.45, 7) is 1.16. The van der Waals surface area contributed by atoms with Crippen molar-refractivity contribution in [2.24, 2.45) is 0 Å². The van der Waals surface area contributed by atoms with Crippen LogP contribution in [-0.2, 0) is 4.79 Å². The first-order valence-electron chi connectivity index (χ1n) is 7.33. The van der Waals surface area contributed by atoms with Gasteiger partial charge in [0.2, 0.25) is 5.91 Å². The Morgan fingerprint density at radius 1 is 1.21 bits per heavy atom. The SMILES string of the molecule is O=C(CCNC(=O)c1ccsc1)Nc1cc2c(cc1Cl)OCCO2. The summed E-state index contributed by atoms with van der Waals surface area (Å²) in [5, 5.41) is 9.36. The predicted molar refractivity (Wildman–Crippen MR) is 92.3 cm³/mol. The van der Waals surface area contributed by atoms with Gasteiger partial charge in [-0.3, -0.25) is 9.59 Å². The third kappa shape index (κ3) is 3.98. The van der Waals surface area contributed by atoms with Gasteiger partial charge in [0.25, 0.3) is 5.91 Å². The van der Waals surface area contributed by atoms with Crippen molar-refractivity contribution in [1.82, 2.24) is 5.32 Å². The molecule has 126 valence electrons. The first-order chi connectivity index (χ1) is 11.6. The number of amides is 2. The highest BCUT2D eigenvalue weighted by Crippen LogP contribution is 2.37. The number of rotatable bonds is 5. The lowest BCUT2D eigenvalue weighted by molar-refractivity contribution is -0.116. The van der Waals surface area contributed by atoms with Gasteiger partial charge < -0.3 is 20.1 Å². The smallest absolute Gasteiger partial charge is 0.252 e. The number of ether oxygens (including phenoxy) is 2. The van der Waals surface area contributed by atoms with Crippen LogP contribution in [0.2, 0.25) is 5.02 Å². The molecule has 3 rings (SSSR count). The number of carbonyl (C=O) groups excluding carboxylic acids is 2. The molecule has 0 bridgehead atoms. The number of halogens is 1. The van der Waals surface area contributed by atoms with Gasteiger partial charge in [-0.1, -0.05) is 11.6 Å². The molecule has 2 amide bonds. The quantitative estimate of drug-likeness (QED) is 0.853. The zero-order chi connectivity index (χ0) is 16.9. The zero-order valence-electron chi connectivity index (χ0n) is 12.6. The summed E-state index contributed by atoms with van der Waals surface area (Å²) >= 11 is 7.58. The molecule has 2 heterocycles. The van der Waals surface area contributed by atoms with E-state index in [1.807, 2.05) is 5.38 Å². The Bertz CT molecular complexity index is 749. The summed E-state index contributed by atoms with van der Waals surface area (Å²) in [5.41, 5.74) is 1.05. The molecule has 0 radical (unpaired) electrons. The average Bonchev–Trinajstić information content (AvgIpc) is 3.10. The van der Waals surface area contributed by atoms with Gasteiger partial charge >= 0.3 is 0 Å². The molecule has 6 nitrogen and oxygen atoms in total. The van der Waals surface area contributed by atoms with E-state index in [1.54, 1.807) is 23.6 Å². The minimum atomic E-state index is -0.251. The van der Waals surface area contributed by atoms with Crippen LogP contribution in [0.25, 0.3) is 0 Å². The first kappa shape index (κ1) is 16.6. The van der Waals surface area contributed by atoms with Gasteiger partial charge in [-0.25, -0.2) is 0 Å². The van der Waals surface area contributed by atoms with Gasteiger partial charge in [-0.15, -0.1) is 0 Å². The standard InChI is InChI=1S/C16H15ClN2O4S/c17-11-7-13-14(23-5-4-22-13)8-12(11)19-15(20)1-3-18-16(21)10-2-6-24-9-10/h2,6-9H,1,3-5H2,(H,18,21)(H,19,20). The number of anilines is 1. The minimum Gasteiger partial charge on any atom is -0.486 e. The Morgan fingerprint density at radius 2 is 1.96 bits per heavy atom. The molecule has 1 aromatic carbocycles. The molecule has 0 fully saturated rings. The maximum absolute atomic E-state index is 12.0. The van der Waals surface area contributed by atoms with Crippen LogP contribution in [0.15, 0.2) is 29.0 Å². The summed E-state index contributed by atoms with van der Waals surface area (Å²) in [6, 6.07) is 4.98. The molecule has 2 N–H and O–H groups in total. The molecular formula is C16H15ClN2O4S. The maximum atomic E-state index is 12.0. The van der Waals surface area contributed by atoms with Gasteiger partial charge in [-0.2, -0.15) is 11.3 Å². The van der Waals surface area contributed by atoms with E-state index in [2.05, 4.69) is 10.6 Å². The van der Waals surface area contributed by atoms with Gasteiger partial charge in [0.1, 0.15) is 13.2 Å². The van der Waals surface area contributed by atoms with Crippen LogP contribution in [0.5, 0.6) is 11.5 Å². The molecule has 0 spiro atoms. The second-order valence-electron chi connectivity index (χ2n) is 5.04. The lowest BCUT2D eigenvalue weighted by atomic mass is 10.2. The van der Waals surface area contributed by atoms with Crippen LogP contribution < -0.4 is 20.1 Å². The number of hydrogen-bond donors (Lipinski definition) is 2. The molecule has 0 aliphatic carbocycles. The van der Waals surface area contributed by atoms with Crippen molar-refractivity contribution in [3.05, 3.63) is 39.5 Å². The average molecular weight is 367 g/mol. The van der Waals surface area contributed by atoms with Crippen LogP contribution in [0.1, 0.15) is 16.8 Å². The lowest BCUT2D eigenvalue weighted by Crippen LogP contribution is -2.27.